The van der Waals surface area contributed by atoms with Gasteiger partial charge in [0.05, 0.1) is 62.9 Å². The van der Waals surface area contributed by atoms with E-state index in [9.17, 15) is 39.9 Å². The van der Waals surface area contributed by atoms with Gasteiger partial charge in [-0.05, 0) is 83.4 Å². The third-order valence-corrected chi connectivity index (χ3v) is 9.93. The Balaban J connectivity index is 1.28. The number of hydrogen-bond donors (Lipinski definition) is 2. The molecule has 0 radical (unpaired) electrons. The second-order valence-electron chi connectivity index (χ2n) is 12.8. The van der Waals surface area contributed by atoms with E-state index in [2.05, 4.69) is 10.3 Å². The van der Waals surface area contributed by atoms with E-state index < -0.39 is 54.0 Å². The van der Waals surface area contributed by atoms with Crippen LogP contribution in [0.2, 0.25) is 10.0 Å². The molecular weight excluding hydrogens is 791 g/mol. The van der Waals surface area contributed by atoms with Crippen molar-refractivity contribution in [3.05, 3.63) is 158 Å². The van der Waals surface area contributed by atoms with Gasteiger partial charge in [0.25, 0.3) is 0 Å². The first-order valence-corrected chi connectivity index (χ1v) is 17.4. The number of fused-ring (bicyclic) bond motifs is 2. The number of carbonyl (C=O) groups excluding carboxylic acids is 1. The first-order chi connectivity index (χ1) is 26.5. The summed E-state index contributed by atoms with van der Waals surface area (Å²) in [6.07, 6.45) is -9.73. The molecule has 288 valence electrons. The van der Waals surface area contributed by atoms with Crippen LogP contribution in [0, 0.1) is 17.0 Å². The molecule has 0 saturated carbocycles. The molecule has 0 saturated heterocycles. The first-order valence-electron chi connectivity index (χ1n) is 16.6. The molecule has 5 aromatic carbocycles. The zero-order valence-electron chi connectivity index (χ0n) is 28.5. The quantitative estimate of drug-likeness (QED) is 0.107. The summed E-state index contributed by atoms with van der Waals surface area (Å²) in [7, 11) is 0. The van der Waals surface area contributed by atoms with Crippen LogP contribution in [0.4, 0.5) is 41.1 Å². The van der Waals surface area contributed by atoms with Crippen LogP contribution in [-0.2, 0) is 38.5 Å². The third-order valence-electron chi connectivity index (χ3n) is 9.19. The summed E-state index contributed by atoms with van der Waals surface area (Å²) >= 11 is 12.2. The Morgan fingerprint density at radius 1 is 0.679 bits per heavy atom. The van der Waals surface area contributed by atoms with E-state index in [0.717, 1.165) is 24.3 Å². The van der Waals surface area contributed by atoms with E-state index in [-0.39, 0.29) is 62.4 Å². The van der Waals surface area contributed by atoms with Crippen molar-refractivity contribution in [1.82, 2.24) is 18.7 Å². The van der Waals surface area contributed by atoms with Crippen LogP contribution >= 0.6 is 23.2 Å². The van der Waals surface area contributed by atoms with Gasteiger partial charge in [0.2, 0.25) is 11.6 Å². The lowest BCUT2D eigenvalue weighted by molar-refractivity contribution is -0.139. The Morgan fingerprint density at radius 2 is 1.30 bits per heavy atom. The minimum absolute atomic E-state index is 0.0181. The highest BCUT2D eigenvalue weighted by Gasteiger charge is 2.35. The number of nitrogens with one attached hydrogen (secondary N) is 2. The standard InChI is InChI=1S/C39H26Cl2F8N6O/c40-29-11-8-22(14-30(29)41)35(56)20-54-34-13-21(5-12-33(34)53(36(54)50)18-23-6-9-25(42)15-27(23)38(44,45)46)17-51-37-52-31-3-1-2-4-32(31)55(37)19-24-7-10-26(43)16-28(24)39(47,48)49/h1-16,50H,17-20H2,(H,51,52). The van der Waals surface area contributed by atoms with Crippen LogP contribution in [0.25, 0.3) is 22.1 Å². The second-order valence-corrected chi connectivity index (χ2v) is 13.6. The smallest absolute Gasteiger partial charge is 0.352 e. The van der Waals surface area contributed by atoms with Crippen molar-refractivity contribution in [2.24, 2.45) is 0 Å². The molecule has 0 fully saturated rings. The van der Waals surface area contributed by atoms with Gasteiger partial charge in [-0.2, -0.15) is 26.3 Å². The zero-order chi connectivity index (χ0) is 40.1. The molecule has 17 heteroatoms. The van der Waals surface area contributed by atoms with Crippen LogP contribution in [-0.4, -0.2) is 24.5 Å². The number of anilines is 1. The van der Waals surface area contributed by atoms with Crippen molar-refractivity contribution >= 4 is 57.0 Å². The number of ketones is 1. The first kappa shape index (κ1) is 38.6. The maximum atomic E-state index is 14.0. The molecule has 2 N–H and O–H groups in total. The van der Waals surface area contributed by atoms with E-state index in [0.29, 0.717) is 28.7 Å². The second kappa shape index (κ2) is 14.8. The molecule has 0 spiro atoms. The summed E-state index contributed by atoms with van der Waals surface area (Å²) < 4.78 is 116. The molecule has 0 bridgehead atoms. The largest absolute Gasteiger partial charge is 0.416 e. The Hall–Kier alpha value is -5.67. The highest BCUT2D eigenvalue weighted by atomic mass is 35.5. The fourth-order valence-corrected chi connectivity index (χ4v) is 6.81. The molecular formula is C39H26Cl2F8N6O. The van der Waals surface area contributed by atoms with Crippen molar-refractivity contribution in [2.45, 2.75) is 38.5 Å². The molecule has 0 atom stereocenters. The molecule has 7 aromatic rings. The van der Waals surface area contributed by atoms with Gasteiger partial charge in [0.1, 0.15) is 11.6 Å². The number of carbonyl (C=O) groups is 1. The number of para-hydroxylation sites is 2. The Kier molecular flexibility index (Phi) is 10.2. The number of Topliss-reactive ketones (excluding diaryl/α,β-unsaturated/α-hetero) is 1. The van der Waals surface area contributed by atoms with Crippen molar-refractivity contribution in [3.63, 3.8) is 0 Å². The lowest BCUT2D eigenvalue weighted by atomic mass is 10.1. The fourth-order valence-electron chi connectivity index (χ4n) is 6.52. The van der Waals surface area contributed by atoms with Gasteiger partial charge >= 0.3 is 12.4 Å². The highest BCUT2D eigenvalue weighted by Crippen LogP contribution is 2.35. The third kappa shape index (κ3) is 7.73. The van der Waals surface area contributed by atoms with E-state index in [1.54, 1.807) is 42.5 Å². The molecule has 7 nitrogen and oxygen atoms in total. The molecule has 7 rings (SSSR count). The topological polar surface area (TPSA) is 80.6 Å². The van der Waals surface area contributed by atoms with Crippen LogP contribution in [0.5, 0.6) is 0 Å². The highest BCUT2D eigenvalue weighted by molar-refractivity contribution is 6.42. The van der Waals surface area contributed by atoms with Gasteiger partial charge in [-0.3, -0.25) is 10.2 Å². The molecule has 0 aliphatic heterocycles. The zero-order valence-corrected chi connectivity index (χ0v) is 30.1. The summed E-state index contributed by atoms with van der Waals surface area (Å²) in [6.45, 7) is -1.22. The summed E-state index contributed by atoms with van der Waals surface area (Å²) in [4.78, 5) is 18.1. The molecule has 0 unspecified atom stereocenters. The van der Waals surface area contributed by atoms with Gasteiger partial charge in [0.15, 0.2) is 5.78 Å². The van der Waals surface area contributed by atoms with Crippen LogP contribution in [0.1, 0.15) is 38.2 Å². The number of hydrogen-bond acceptors (Lipinski definition) is 4. The normalized spacial score (nSPS) is 12.2. The maximum Gasteiger partial charge on any atom is 0.416 e. The summed E-state index contributed by atoms with van der Waals surface area (Å²) in [5, 5.41) is 12.5. The Labute approximate surface area is 321 Å². The summed E-state index contributed by atoms with van der Waals surface area (Å²) in [6, 6.07) is 20.5. The lowest BCUT2D eigenvalue weighted by Crippen LogP contribution is -2.28. The number of rotatable bonds is 10. The fraction of sp³-hybridized carbons (Fsp3) is 0.154. The molecule has 2 heterocycles. The predicted molar refractivity (Wildman–Crippen MR) is 195 cm³/mol. The van der Waals surface area contributed by atoms with Crippen molar-refractivity contribution in [2.75, 3.05) is 5.32 Å². The van der Waals surface area contributed by atoms with Gasteiger partial charge in [0, 0.05) is 12.1 Å². The van der Waals surface area contributed by atoms with Gasteiger partial charge in [-0.1, -0.05) is 53.5 Å². The monoisotopic (exact) mass is 816 g/mol. The summed E-state index contributed by atoms with van der Waals surface area (Å²) in [5.74, 6) is -2.43. The predicted octanol–water partition coefficient (Wildman–Crippen LogP) is 10.5. The van der Waals surface area contributed by atoms with Crippen molar-refractivity contribution in [1.29, 1.82) is 5.41 Å². The van der Waals surface area contributed by atoms with Crippen molar-refractivity contribution in [3.8, 4) is 0 Å². The number of alkyl halides is 6. The van der Waals surface area contributed by atoms with Crippen molar-refractivity contribution < 1.29 is 39.9 Å². The minimum atomic E-state index is -4.90. The summed E-state index contributed by atoms with van der Waals surface area (Å²) in [5.41, 5.74) is -0.964. The van der Waals surface area contributed by atoms with Crippen LogP contribution in [0.3, 0.4) is 0 Å². The Bertz CT molecular complexity index is 2720. The SMILES string of the molecule is N=c1n(CC(=O)c2ccc(Cl)c(Cl)c2)c2cc(CNc3nc4ccccc4n3Cc3ccc(F)cc3C(F)(F)F)ccc2n1Cc1ccc(F)cc1C(F)(F)F. The van der Waals surface area contributed by atoms with E-state index in [1.165, 1.54) is 31.9 Å². The number of imidazole rings is 2. The number of halogens is 10. The number of aromatic nitrogens is 4. The number of nitrogens with zero attached hydrogens (tertiary/aromatic N) is 4. The average Bonchev–Trinajstić information content (AvgIpc) is 3.62. The van der Waals surface area contributed by atoms with E-state index in [1.807, 2.05) is 0 Å². The lowest BCUT2D eigenvalue weighted by Gasteiger charge is -2.16. The minimum Gasteiger partial charge on any atom is -0.352 e. The van der Waals surface area contributed by atoms with Gasteiger partial charge in [-0.25, -0.2) is 13.8 Å². The number of benzene rings is 5. The average molecular weight is 818 g/mol. The van der Waals surface area contributed by atoms with E-state index >= 15 is 0 Å². The molecule has 0 aliphatic rings. The van der Waals surface area contributed by atoms with Crippen LogP contribution in [0.15, 0.2) is 97.1 Å². The molecule has 56 heavy (non-hydrogen) atoms. The van der Waals surface area contributed by atoms with Gasteiger partial charge < -0.3 is 19.0 Å². The maximum absolute atomic E-state index is 14.0. The van der Waals surface area contributed by atoms with E-state index in [4.69, 9.17) is 28.6 Å². The van der Waals surface area contributed by atoms with Gasteiger partial charge in [-0.15, -0.1) is 0 Å². The van der Waals surface area contributed by atoms with Crippen LogP contribution < -0.4 is 10.9 Å². The molecule has 0 amide bonds. The molecule has 2 aromatic heterocycles. The molecule has 0 aliphatic carbocycles. The Morgan fingerprint density at radius 3 is 1.93 bits per heavy atom.